The lowest BCUT2D eigenvalue weighted by Gasteiger charge is -2.32. The number of aryl methyl sites for hydroxylation is 1. The van der Waals surface area contributed by atoms with Crippen LogP contribution in [0.5, 0.6) is 0 Å². The summed E-state index contributed by atoms with van der Waals surface area (Å²) >= 11 is 0. The standard InChI is InChI=1S/C23H36O4/c1-8-22(9-2,10-3)26-20(24)18-15-14-17(7)16-19(18)21(25)27-23(11-4,12-5)13-6/h14-16H,8-13H2,1-7H3. The monoisotopic (exact) mass is 376 g/mol. The van der Waals surface area contributed by atoms with Gasteiger partial charge in [0.1, 0.15) is 11.2 Å². The van der Waals surface area contributed by atoms with Gasteiger partial charge in [-0.3, -0.25) is 0 Å². The predicted molar refractivity (Wildman–Crippen MR) is 109 cm³/mol. The Kier molecular flexibility index (Phi) is 8.52. The Morgan fingerprint density at radius 2 is 1.07 bits per heavy atom. The fraction of sp³-hybridized carbons (Fsp3) is 0.652. The molecular weight excluding hydrogens is 340 g/mol. The van der Waals surface area contributed by atoms with Crippen molar-refractivity contribution in [1.82, 2.24) is 0 Å². The van der Waals surface area contributed by atoms with Crippen molar-refractivity contribution in [2.24, 2.45) is 0 Å². The SMILES string of the molecule is CCC(CC)(CC)OC(=O)c1ccc(C)cc1C(=O)OC(CC)(CC)CC. The van der Waals surface area contributed by atoms with Crippen molar-refractivity contribution in [2.75, 3.05) is 0 Å². The Balaban J connectivity index is 3.25. The van der Waals surface area contributed by atoms with Crippen LogP contribution >= 0.6 is 0 Å². The molecule has 0 saturated heterocycles. The van der Waals surface area contributed by atoms with Gasteiger partial charge in [0, 0.05) is 0 Å². The molecule has 0 spiro atoms. The molecule has 0 saturated carbocycles. The number of hydrogen-bond acceptors (Lipinski definition) is 4. The molecule has 0 amide bonds. The quantitative estimate of drug-likeness (QED) is 0.453. The zero-order chi connectivity index (χ0) is 20.7. The molecule has 0 aliphatic carbocycles. The Labute approximate surface area is 164 Å². The van der Waals surface area contributed by atoms with E-state index in [-0.39, 0.29) is 11.1 Å². The highest BCUT2D eigenvalue weighted by Gasteiger charge is 2.33. The highest BCUT2D eigenvalue weighted by Crippen LogP contribution is 2.29. The van der Waals surface area contributed by atoms with Gasteiger partial charge < -0.3 is 9.47 Å². The van der Waals surface area contributed by atoms with Crippen LogP contribution in [-0.2, 0) is 9.47 Å². The zero-order valence-electron chi connectivity index (χ0n) is 18.1. The van der Waals surface area contributed by atoms with E-state index in [9.17, 15) is 9.59 Å². The number of benzene rings is 1. The van der Waals surface area contributed by atoms with Crippen LogP contribution in [0.2, 0.25) is 0 Å². The van der Waals surface area contributed by atoms with Gasteiger partial charge in [0.2, 0.25) is 0 Å². The van der Waals surface area contributed by atoms with Gasteiger partial charge >= 0.3 is 11.9 Å². The summed E-state index contributed by atoms with van der Waals surface area (Å²) in [6.45, 7) is 14.0. The molecule has 27 heavy (non-hydrogen) atoms. The fourth-order valence-electron chi connectivity index (χ4n) is 3.44. The van der Waals surface area contributed by atoms with Crippen LogP contribution in [0.3, 0.4) is 0 Å². The summed E-state index contributed by atoms with van der Waals surface area (Å²) < 4.78 is 11.7. The Hall–Kier alpha value is -1.84. The lowest BCUT2D eigenvalue weighted by molar-refractivity contribution is -0.0291. The Morgan fingerprint density at radius 1 is 0.704 bits per heavy atom. The number of carbonyl (C=O) groups is 2. The van der Waals surface area contributed by atoms with Crippen LogP contribution in [0, 0.1) is 6.92 Å². The zero-order valence-corrected chi connectivity index (χ0v) is 18.1. The molecule has 1 rings (SSSR count). The molecule has 0 N–H and O–H groups in total. The van der Waals surface area contributed by atoms with Gasteiger partial charge in [0.15, 0.2) is 0 Å². The first kappa shape index (κ1) is 23.2. The van der Waals surface area contributed by atoms with Gasteiger partial charge in [-0.05, 0) is 57.6 Å². The second kappa shape index (κ2) is 9.91. The maximum absolute atomic E-state index is 13.0. The largest absolute Gasteiger partial charge is 0.455 e. The van der Waals surface area contributed by atoms with E-state index in [1.54, 1.807) is 12.1 Å². The molecule has 4 heteroatoms. The van der Waals surface area contributed by atoms with Crippen LogP contribution in [0.1, 0.15) is 106 Å². The topological polar surface area (TPSA) is 52.6 Å². The minimum absolute atomic E-state index is 0.280. The Bertz CT molecular complexity index is 623. The molecule has 0 radical (unpaired) electrons. The van der Waals surface area contributed by atoms with E-state index in [4.69, 9.17) is 9.47 Å². The second-order valence-electron chi connectivity index (χ2n) is 7.32. The molecule has 4 nitrogen and oxygen atoms in total. The van der Waals surface area contributed by atoms with Crippen LogP contribution in [-0.4, -0.2) is 23.1 Å². The minimum atomic E-state index is -0.498. The van der Waals surface area contributed by atoms with E-state index < -0.39 is 23.1 Å². The summed E-state index contributed by atoms with van der Waals surface area (Å²) in [6.07, 6.45) is 4.43. The smallest absolute Gasteiger partial charge is 0.339 e. The van der Waals surface area contributed by atoms with Crippen molar-refractivity contribution >= 4 is 11.9 Å². The lowest BCUT2D eigenvalue weighted by atomic mass is 9.93. The summed E-state index contributed by atoms with van der Waals surface area (Å²) in [5.41, 5.74) is 0.478. The van der Waals surface area contributed by atoms with Gasteiger partial charge in [-0.15, -0.1) is 0 Å². The van der Waals surface area contributed by atoms with Crippen molar-refractivity contribution in [2.45, 2.75) is 98.2 Å². The molecule has 1 aromatic rings. The highest BCUT2D eigenvalue weighted by molar-refractivity contribution is 6.03. The second-order valence-corrected chi connectivity index (χ2v) is 7.32. The maximum Gasteiger partial charge on any atom is 0.339 e. The number of carbonyl (C=O) groups excluding carboxylic acids is 2. The normalized spacial score (nSPS) is 12.0. The van der Waals surface area contributed by atoms with Crippen molar-refractivity contribution in [3.8, 4) is 0 Å². The van der Waals surface area contributed by atoms with Crippen LogP contribution in [0.15, 0.2) is 18.2 Å². The molecule has 0 aliphatic heterocycles. The van der Waals surface area contributed by atoms with Crippen molar-refractivity contribution in [1.29, 1.82) is 0 Å². The average molecular weight is 377 g/mol. The molecular formula is C23H36O4. The van der Waals surface area contributed by atoms with Gasteiger partial charge in [-0.2, -0.15) is 0 Å². The predicted octanol–water partition coefficient (Wildman–Crippen LogP) is 6.25. The molecule has 0 unspecified atom stereocenters. The summed E-state index contributed by atoms with van der Waals surface area (Å²) in [5, 5.41) is 0. The fourth-order valence-corrected chi connectivity index (χ4v) is 3.44. The summed E-state index contributed by atoms with van der Waals surface area (Å²) in [6, 6.07) is 5.22. The third kappa shape index (κ3) is 5.33. The summed E-state index contributed by atoms with van der Waals surface area (Å²) in [5.74, 6) is -0.908. The number of rotatable bonds is 10. The molecule has 0 heterocycles. The lowest BCUT2D eigenvalue weighted by Crippen LogP contribution is -2.35. The molecule has 0 fully saturated rings. The number of esters is 2. The minimum Gasteiger partial charge on any atom is -0.455 e. The first-order valence-corrected chi connectivity index (χ1v) is 10.3. The van der Waals surface area contributed by atoms with E-state index >= 15 is 0 Å². The van der Waals surface area contributed by atoms with Gasteiger partial charge in [0.25, 0.3) is 0 Å². The highest BCUT2D eigenvalue weighted by atomic mass is 16.6. The molecule has 0 atom stereocenters. The third-order valence-corrected chi connectivity index (χ3v) is 6.10. The van der Waals surface area contributed by atoms with Crippen molar-refractivity contribution in [3.63, 3.8) is 0 Å². The Morgan fingerprint density at radius 3 is 1.44 bits per heavy atom. The third-order valence-electron chi connectivity index (χ3n) is 6.10. The van der Waals surface area contributed by atoms with Crippen LogP contribution < -0.4 is 0 Å². The van der Waals surface area contributed by atoms with Crippen LogP contribution in [0.4, 0.5) is 0 Å². The van der Waals surface area contributed by atoms with Gasteiger partial charge in [0.05, 0.1) is 11.1 Å². The van der Waals surface area contributed by atoms with E-state index in [1.165, 1.54) is 0 Å². The van der Waals surface area contributed by atoms with E-state index in [0.29, 0.717) is 0 Å². The first-order chi connectivity index (χ1) is 12.8. The maximum atomic E-state index is 13.0. The van der Waals surface area contributed by atoms with E-state index in [0.717, 1.165) is 44.1 Å². The van der Waals surface area contributed by atoms with Gasteiger partial charge in [-0.25, -0.2) is 9.59 Å². The van der Waals surface area contributed by atoms with E-state index in [2.05, 4.69) is 0 Å². The van der Waals surface area contributed by atoms with Crippen LogP contribution in [0.25, 0.3) is 0 Å². The average Bonchev–Trinajstić information content (AvgIpc) is 2.70. The molecule has 0 aliphatic rings. The number of hydrogen-bond donors (Lipinski definition) is 0. The summed E-state index contributed by atoms with van der Waals surface area (Å²) in [7, 11) is 0. The first-order valence-electron chi connectivity index (χ1n) is 10.3. The molecule has 0 aromatic heterocycles. The summed E-state index contributed by atoms with van der Waals surface area (Å²) in [4.78, 5) is 25.9. The van der Waals surface area contributed by atoms with Gasteiger partial charge in [-0.1, -0.05) is 53.2 Å². The molecule has 152 valence electrons. The number of ether oxygens (including phenoxy) is 2. The molecule has 0 bridgehead atoms. The van der Waals surface area contributed by atoms with Crippen molar-refractivity contribution in [3.05, 3.63) is 34.9 Å². The van der Waals surface area contributed by atoms with Crippen molar-refractivity contribution < 1.29 is 19.1 Å². The molecule has 1 aromatic carbocycles. The van der Waals surface area contributed by atoms with E-state index in [1.807, 2.05) is 54.5 Å².